The van der Waals surface area contributed by atoms with Gasteiger partial charge >= 0.3 is 11.8 Å². The molecule has 2 N–H and O–H groups in total. The van der Waals surface area contributed by atoms with Crippen molar-refractivity contribution in [1.82, 2.24) is 14.9 Å². The van der Waals surface area contributed by atoms with Crippen LogP contribution in [0.15, 0.2) is 47.4 Å². The first-order valence-electron chi connectivity index (χ1n) is 10.7. The van der Waals surface area contributed by atoms with Gasteiger partial charge in [0, 0.05) is 13.1 Å². The molecule has 0 unspecified atom stereocenters. The predicted octanol–water partition coefficient (Wildman–Crippen LogP) is 0.834. The van der Waals surface area contributed by atoms with Crippen LogP contribution < -0.4 is 20.1 Å². The maximum absolute atomic E-state index is 13.1. The average Bonchev–Trinajstić information content (AvgIpc) is 3.32. The highest BCUT2D eigenvalue weighted by molar-refractivity contribution is 7.89. The van der Waals surface area contributed by atoms with Crippen LogP contribution >= 0.6 is 0 Å². The number of rotatable bonds is 9. The van der Waals surface area contributed by atoms with Gasteiger partial charge in [0.05, 0.1) is 32.3 Å². The minimum Gasteiger partial charge on any atom is -0.496 e. The third-order valence-electron chi connectivity index (χ3n) is 5.43. The second kappa shape index (κ2) is 11.3. The summed E-state index contributed by atoms with van der Waals surface area (Å²) in [7, 11) is -0.789. The van der Waals surface area contributed by atoms with E-state index < -0.39 is 28.1 Å². The molecule has 3 rings (SSSR count). The first-order valence-corrected chi connectivity index (χ1v) is 12.2. The van der Waals surface area contributed by atoms with Gasteiger partial charge in [0.2, 0.25) is 10.0 Å². The average molecular weight is 492 g/mol. The van der Waals surface area contributed by atoms with Crippen LogP contribution in [0.5, 0.6) is 11.5 Å². The third-order valence-corrected chi connectivity index (χ3v) is 7.32. The molecule has 0 aromatic heterocycles. The van der Waals surface area contributed by atoms with Gasteiger partial charge in [0.15, 0.2) is 0 Å². The summed E-state index contributed by atoms with van der Waals surface area (Å²) in [6.45, 7) is 2.15. The second-order valence-corrected chi connectivity index (χ2v) is 9.49. The summed E-state index contributed by atoms with van der Waals surface area (Å²) in [5, 5.41) is 5.00. The fraction of sp³-hybridized carbons (Fsp3) is 0.391. The summed E-state index contributed by atoms with van der Waals surface area (Å²) >= 11 is 0. The number of amides is 2. The Morgan fingerprint density at radius 3 is 2.47 bits per heavy atom. The Morgan fingerprint density at radius 1 is 1.06 bits per heavy atom. The molecule has 1 atom stereocenters. The maximum Gasteiger partial charge on any atom is 0.309 e. The molecule has 11 heteroatoms. The van der Waals surface area contributed by atoms with Gasteiger partial charge in [-0.1, -0.05) is 18.2 Å². The molecular formula is C23H29N3O7S. The number of hydrogen-bond acceptors (Lipinski definition) is 7. The zero-order valence-electron chi connectivity index (χ0n) is 19.4. The van der Waals surface area contributed by atoms with Crippen LogP contribution in [0.4, 0.5) is 0 Å². The van der Waals surface area contributed by atoms with Crippen LogP contribution in [0.25, 0.3) is 0 Å². The molecule has 0 spiro atoms. The first-order chi connectivity index (χ1) is 16.3. The van der Waals surface area contributed by atoms with Crippen molar-refractivity contribution in [3.63, 3.8) is 0 Å². The van der Waals surface area contributed by atoms with Gasteiger partial charge in [-0.05, 0) is 48.7 Å². The predicted molar refractivity (Wildman–Crippen MR) is 124 cm³/mol. The lowest BCUT2D eigenvalue weighted by Crippen LogP contribution is -2.47. The lowest BCUT2D eigenvalue weighted by Gasteiger charge is -2.23. The van der Waals surface area contributed by atoms with Crippen molar-refractivity contribution in [1.29, 1.82) is 0 Å². The molecule has 2 amide bonds. The van der Waals surface area contributed by atoms with Crippen molar-refractivity contribution in [2.45, 2.75) is 24.5 Å². The molecule has 2 aromatic carbocycles. The SMILES string of the molecule is COc1ccc(S(=O)(=O)N2CCO[C@@H]2CNC(=O)C(=O)NCCc2ccccc2OC)cc1C. The van der Waals surface area contributed by atoms with Gasteiger partial charge in [-0.3, -0.25) is 9.59 Å². The van der Waals surface area contributed by atoms with Crippen molar-refractivity contribution in [3.8, 4) is 11.5 Å². The molecule has 2 aromatic rings. The van der Waals surface area contributed by atoms with Crippen LogP contribution in [0.3, 0.4) is 0 Å². The van der Waals surface area contributed by atoms with E-state index in [0.29, 0.717) is 23.5 Å². The highest BCUT2D eigenvalue weighted by Gasteiger charge is 2.37. The van der Waals surface area contributed by atoms with Gasteiger partial charge in [-0.2, -0.15) is 4.31 Å². The van der Waals surface area contributed by atoms with E-state index in [0.717, 1.165) is 5.56 Å². The molecule has 1 aliphatic rings. The Bertz CT molecular complexity index is 1140. The lowest BCUT2D eigenvalue weighted by atomic mass is 10.1. The highest BCUT2D eigenvalue weighted by atomic mass is 32.2. The number of methoxy groups -OCH3 is 2. The van der Waals surface area contributed by atoms with Gasteiger partial charge in [-0.15, -0.1) is 0 Å². The lowest BCUT2D eigenvalue weighted by molar-refractivity contribution is -0.139. The number of nitrogens with zero attached hydrogens (tertiary/aromatic N) is 1. The number of sulfonamides is 1. The van der Waals surface area contributed by atoms with E-state index in [1.807, 2.05) is 24.3 Å². The summed E-state index contributed by atoms with van der Waals surface area (Å²) in [6.07, 6.45) is -0.431. The fourth-order valence-electron chi connectivity index (χ4n) is 3.65. The Kier molecular flexibility index (Phi) is 8.48. The topological polar surface area (TPSA) is 123 Å². The van der Waals surface area contributed by atoms with E-state index in [4.69, 9.17) is 14.2 Å². The van der Waals surface area contributed by atoms with E-state index >= 15 is 0 Å². The molecule has 184 valence electrons. The van der Waals surface area contributed by atoms with Crippen LogP contribution in [-0.2, 0) is 30.8 Å². The van der Waals surface area contributed by atoms with Gasteiger partial charge in [0.1, 0.15) is 17.7 Å². The third kappa shape index (κ3) is 5.85. The van der Waals surface area contributed by atoms with Gasteiger partial charge in [-0.25, -0.2) is 8.42 Å². The van der Waals surface area contributed by atoms with Gasteiger partial charge in [0.25, 0.3) is 0 Å². The summed E-state index contributed by atoms with van der Waals surface area (Å²) in [5.41, 5.74) is 1.58. The molecule has 1 saturated heterocycles. The smallest absolute Gasteiger partial charge is 0.309 e. The largest absolute Gasteiger partial charge is 0.496 e. The normalized spacial score (nSPS) is 16.1. The minimum atomic E-state index is -3.87. The molecule has 1 heterocycles. The van der Waals surface area contributed by atoms with E-state index in [-0.39, 0.29) is 31.1 Å². The van der Waals surface area contributed by atoms with Crippen molar-refractivity contribution in [3.05, 3.63) is 53.6 Å². The molecule has 0 bridgehead atoms. The van der Waals surface area contributed by atoms with E-state index in [9.17, 15) is 18.0 Å². The zero-order chi connectivity index (χ0) is 24.7. The van der Waals surface area contributed by atoms with Crippen LogP contribution in [0, 0.1) is 6.92 Å². The number of carbonyl (C=O) groups excluding carboxylic acids is 2. The molecule has 10 nitrogen and oxygen atoms in total. The van der Waals surface area contributed by atoms with E-state index in [2.05, 4.69) is 10.6 Å². The summed E-state index contributed by atoms with van der Waals surface area (Å²) in [6, 6.07) is 12.0. The van der Waals surface area contributed by atoms with Gasteiger partial charge < -0.3 is 24.8 Å². The molecule has 0 aliphatic carbocycles. The van der Waals surface area contributed by atoms with Crippen LogP contribution in [0.1, 0.15) is 11.1 Å². The van der Waals surface area contributed by atoms with Crippen LogP contribution in [-0.4, -0.2) is 71.2 Å². The molecular weight excluding hydrogens is 462 g/mol. The molecule has 0 radical (unpaired) electrons. The maximum atomic E-state index is 13.1. The van der Waals surface area contributed by atoms with Crippen molar-refractivity contribution >= 4 is 21.8 Å². The quantitative estimate of drug-likeness (QED) is 0.498. The number of nitrogens with one attached hydrogen (secondary N) is 2. The van der Waals surface area contributed by atoms with E-state index in [1.165, 1.54) is 23.5 Å². The molecule has 0 saturated carbocycles. The second-order valence-electron chi connectivity index (χ2n) is 7.60. The summed E-state index contributed by atoms with van der Waals surface area (Å²) in [4.78, 5) is 24.5. The van der Waals surface area contributed by atoms with Crippen molar-refractivity contribution in [2.75, 3.05) is 40.5 Å². The molecule has 1 aliphatic heterocycles. The summed E-state index contributed by atoms with van der Waals surface area (Å²) < 4.78 is 43.3. The highest BCUT2D eigenvalue weighted by Crippen LogP contribution is 2.26. The summed E-state index contributed by atoms with van der Waals surface area (Å²) in [5.74, 6) is -0.397. The minimum absolute atomic E-state index is 0.0988. The fourth-order valence-corrected chi connectivity index (χ4v) is 5.25. The number of para-hydroxylation sites is 1. The Morgan fingerprint density at radius 2 is 1.76 bits per heavy atom. The number of ether oxygens (including phenoxy) is 3. The standard InChI is InChI=1S/C23H29N3O7S/c1-16-14-18(8-9-19(16)31-2)34(29,30)26-12-13-33-21(26)15-25-23(28)22(27)24-11-10-17-6-4-5-7-20(17)32-3/h4-9,14,21H,10-13,15H2,1-3H3,(H,24,27)(H,25,28)/t21-/m1/s1. The number of benzene rings is 2. The van der Waals surface area contributed by atoms with Crippen LogP contribution in [0.2, 0.25) is 0 Å². The first kappa shape index (κ1) is 25.5. The number of carbonyl (C=O) groups is 2. The Balaban J connectivity index is 1.54. The van der Waals surface area contributed by atoms with Crippen molar-refractivity contribution < 1.29 is 32.2 Å². The molecule has 34 heavy (non-hydrogen) atoms. The van der Waals surface area contributed by atoms with Crippen molar-refractivity contribution in [2.24, 2.45) is 0 Å². The monoisotopic (exact) mass is 491 g/mol. The number of aryl methyl sites for hydroxylation is 1. The Labute approximate surface area is 199 Å². The molecule has 1 fully saturated rings. The van der Waals surface area contributed by atoms with E-state index in [1.54, 1.807) is 20.1 Å². The number of hydrogen-bond donors (Lipinski definition) is 2. The Hall–Kier alpha value is -3.15. The zero-order valence-corrected chi connectivity index (χ0v) is 20.2.